The number of ether oxygens (including phenoxy) is 1. The molecule has 114 valence electrons. The van der Waals surface area contributed by atoms with Crippen LogP contribution in [0.15, 0.2) is 42.5 Å². The lowest BCUT2D eigenvalue weighted by atomic mass is 10.2. The van der Waals surface area contributed by atoms with E-state index in [1.54, 1.807) is 42.5 Å². The van der Waals surface area contributed by atoms with Crippen LogP contribution < -0.4 is 10.6 Å². The Morgan fingerprint density at radius 1 is 0.909 bits per heavy atom. The number of nitrogens with one attached hydrogen (secondary N) is 2. The third-order valence-corrected chi connectivity index (χ3v) is 3.12. The zero-order valence-electron chi connectivity index (χ0n) is 11.5. The van der Waals surface area contributed by atoms with Gasteiger partial charge in [0, 0.05) is 21.4 Å². The maximum Gasteiger partial charge on any atom is 0.337 e. The average molecular weight is 339 g/mol. The molecule has 2 N–H and O–H groups in total. The molecule has 0 spiro atoms. The molecule has 0 aliphatic carbocycles. The van der Waals surface area contributed by atoms with Crippen molar-refractivity contribution < 1.29 is 14.3 Å². The Hall–Kier alpha value is -2.24. The first-order valence-corrected chi connectivity index (χ1v) is 6.96. The van der Waals surface area contributed by atoms with E-state index in [4.69, 9.17) is 23.2 Å². The van der Waals surface area contributed by atoms with Gasteiger partial charge in [-0.1, -0.05) is 23.2 Å². The Labute approximate surface area is 137 Å². The minimum absolute atomic E-state index is 0.398. The van der Waals surface area contributed by atoms with Gasteiger partial charge in [-0.2, -0.15) is 0 Å². The maximum atomic E-state index is 11.9. The summed E-state index contributed by atoms with van der Waals surface area (Å²) >= 11 is 11.7. The molecule has 5 nitrogen and oxygen atoms in total. The normalized spacial score (nSPS) is 9.95. The summed E-state index contributed by atoms with van der Waals surface area (Å²) in [5.74, 6) is -0.440. The minimum Gasteiger partial charge on any atom is -0.465 e. The van der Waals surface area contributed by atoms with E-state index in [1.165, 1.54) is 7.11 Å². The van der Waals surface area contributed by atoms with Crippen LogP contribution in [0.5, 0.6) is 0 Å². The molecule has 0 radical (unpaired) electrons. The Bertz CT molecular complexity index is 682. The Morgan fingerprint density at radius 3 is 2.00 bits per heavy atom. The molecule has 2 aromatic carbocycles. The fourth-order valence-electron chi connectivity index (χ4n) is 1.73. The second-order valence-electron chi connectivity index (χ2n) is 4.31. The van der Waals surface area contributed by atoms with Crippen molar-refractivity contribution >= 4 is 46.6 Å². The van der Waals surface area contributed by atoms with Gasteiger partial charge in [-0.25, -0.2) is 9.59 Å². The average Bonchev–Trinajstić information content (AvgIpc) is 2.46. The number of amides is 2. The zero-order valence-corrected chi connectivity index (χ0v) is 13.0. The van der Waals surface area contributed by atoms with Crippen molar-refractivity contribution in [3.8, 4) is 0 Å². The Balaban J connectivity index is 2.01. The summed E-state index contributed by atoms with van der Waals surface area (Å²) in [7, 11) is 1.30. The number of carbonyl (C=O) groups excluding carboxylic acids is 2. The predicted molar refractivity (Wildman–Crippen MR) is 86.9 cm³/mol. The number of hydrogen-bond donors (Lipinski definition) is 2. The van der Waals surface area contributed by atoms with Crippen LogP contribution in [0.2, 0.25) is 10.0 Å². The molecule has 0 bridgehead atoms. The molecule has 22 heavy (non-hydrogen) atoms. The first kappa shape index (κ1) is 16.1. The molecule has 0 atom stereocenters. The van der Waals surface area contributed by atoms with Crippen LogP contribution in [-0.2, 0) is 4.74 Å². The van der Waals surface area contributed by atoms with Gasteiger partial charge in [-0.05, 0) is 42.5 Å². The van der Waals surface area contributed by atoms with Gasteiger partial charge in [0.1, 0.15) is 0 Å². The second kappa shape index (κ2) is 7.15. The van der Waals surface area contributed by atoms with Gasteiger partial charge < -0.3 is 15.4 Å². The summed E-state index contributed by atoms with van der Waals surface area (Å²) in [5.41, 5.74) is 1.40. The number of methoxy groups -OCH3 is 1. The van der Waals surface area contributed by atoms with E-state index in [-0.39, 0.29) is 0 Å². The molecule has 2 rings (SSSR count). The van der Waals surface area contributed by atoms with Crippen LogP contribution in [0.3, 0.4) is 0 Å². The van der Waals surface area contributed by atoms with Crippen LogP contribution in [0, 0.1) is 0 Å². The van der Waals surface area contributed by atoms with Gasteiger partial charge >= 0.3 is 12.0 Å². The third kappa shape index (κ3) is 4.38. The Kier molecular flexibility index (Phi) is 5.25. The van der Waals surface area contributed by atoms with Crippen molar-refractivity contribution in [1.29, 1.82) is 0 Å². The first-order chi connectivity index (χ1) is 10.5. The quantitative estimate of drug-likeness (QED) is 0.813. The van der Waals surface area contributed by atoms with Gasteiger partial charge in [-0.15, -0.1) is 0 Å². The van der Waals surface area contributed by atoms with E-state index >= 15 is 0 Å². The summed E-state index contributed by atoms with van der Waals surface area (Å²) in [6.45, 7) is 0. The summed E-state index contributed by atoms with van der Waals surface area (Å²) in [4.78, 5) is 23.2. The largest absolute Gasteiger partial charge is 0.465 e. The molecule has 0 aromatic heterocycles. The van der Waals surface area contributed by atoms with Crippen molar-refractivity contribution in [2.75, 3.05) is 17.7 Å². The number of anilines is 2. The Morgan fingerprint density at radius 2 is 1.45 bits per heavy atom. The molecule has 0 heterocycles. The van der Waals surface area contributed by atoms with E-state index in [1.807, 2.05) is 0 Å². The molecule has 0 aliphatic rings. The molecule has 2 amide bonds. The van der Waals surface area contributed by atoms with Crippen LogP contribution in [-0.4, -0.2) is 19.1 Å². The van der Waals surface area contributed by atoms with Gasteiger partial charge in [0.15, 0.2) is 0 Å². The summed E-state index contributed by atoms with van der Waals surface area (Å²) in [5, 5.41) is 6.08. The minimum atomic E-state index is -0.454. The smallest absolute Gasteiger partial charge is 0.337 e. The maximum absolute atomic E-state index is 11.9. The number of esters is 1. The van der Waals surface area contributed by atoms with Crippen LogP contribution in [0.25, 0.3) is 0 Å². The molecular weight excluding hydrogens is 327 g/mol. The number of hydrogen-bond acceptors (Lipinski definition) is 3. The predicted octanol–water partition coefficient (Wildman–Crippen LogP) is 4.42. The highest BCUT2D eigenvalue weighted by molar-refractivity contribution is 6.35. The summed E-state index contributed by atoms with van der Waals surface area (Å²) < 4.78 is 4.59. The monoisotopic (exact) mass is 338 g/mol. The fourth-order valence-corrected chi connectivity index (χ4v) is 2.25. The lowest BCUT2D eigenvalue weighted by Gasteiger charge is -2.09. The van der Waals surface area contributed by atoms with Crippen molar-refractivity contribution in [2.24, 2.45) is 0 Å². The number of rotatable bonds is 3. The number of carbonyl (C=O) groups is 2. The molecule has 0 saturated heterocycles. The highest BCUT2D eigenvalue weighted by Crippen LogP contribution is 2.22. The molecule has 0 fully saturated rings. The lowest BCUT2D eigenvalue weighted by Crippen LogP contribution is -2.19. The second-order valence-corrected chi connectivity index (χ2v) is 5.18. The molecule has 0 unspecified atom stereocenters. The van der Waals surface area contributed by atoms with Gasteiger partial charge in [0.25, 0.3) is 0 Å². The van der Waals surface area contributed by atoms with Crippen molar-refractivity contribution in [3.05, 3.63) is 58.1 Å². The van der Waals surface area contributed by atoms with Gasteiger partial charge in [0.05, 0.1) is 12.7 Å². The van der Waals surface area contributed by atoms with E-state index in [2.05, 4.69) is 15.4 Å². The van der Waals surface area contributed by atoms with Crippen molar-refractivity contribution in [2.45, 2.75) is 0 Å². The van der Waals surface area contributed by atoms with Crippen LogP contribution in [0.4, 0.5) is 16.2 Å². The number of halogens is 2. The zero-order chi connectivity index (χ0) is 16.1. The van der Waals surface area contributed by atoms with E-state index in [0.717, 1.165) is 0 Å². The molecule has 7 heteroatoms. The lowest BCUT2D eigenvalue weighted by molar-refractivity contribution is 0.0601. The first-order valence-electron chi connectivity index (χ1n) is 6.20. The molecule has 0 aliphatic heterocycles. The summed E-state index contributed by atoms with van der Waals surface area (Å²) in [6.07, 6.45) is 0. The van der Waals surface area contributed by atoms with Gasteiger partial charge in [0.2, 0.25) is 0 Å². The number of benzene rings is 2. The van der Waals surface area contributed by atoms with Crippen LogP contribution >= 0.6 is 23.2 Å². The van der Waals surface area contributed by atoms with Crippen LogP contribution in [0.1, 0.15) is 10.4 Å². The highest BCUT2D eigenvalue weighted by atomic mass is 35.5. The number of urea groups is 1. The van der Waals surface area contributed by atoms with Crippen molar-refractivity contribution in [3.63, 3.8) is 0 Å². The summed E-state index contributed by atoms with van der Waals surface area (Å²) in [6, 6.07) is 10.6. The third-order valence-electron chi connectivity index (χ3n) is 2.68. The van der Waals surface area contributed by atoms with E-state index < -0.39 is 12.0 Å². The highest BCUT2D eigenvalue weighted by Gasteiger charge is 2.07. The topological polar surface area (TPSA) is 67.4 Å². The molecular formula is C15H12Cl2N2O3. The van der Waals surface area contributed by atoms with Crippen molar-refractivity contribution in [1.82, 2.24) is 0 Å². The van der Waals surface area contributed by atoms with E-state index in [9.17, 15) is 9.59 Å². The molecule has 2 aromatic rings. The molecule has 0 saturated carbocycles. The fraction of sp³-hybridized carbons (Fsp3) is 0.0667. The van der Waals surface area contributed by atoms with E-state index in [0.29, 0.717) is 27.0 Å². The SMILES string of the molecule is COC(=O)c1ccc(NC(=O)Nc2cc(Cl)cc(Cl)c2)cc1. The van der Waals surface area contributed by atoms with Gasteiger partial charge in [-0.3, -0.25) is 0 Å². The standard InChI is InChI=1S/C15H12Cl2N2O3/c1-22-14(20)9-2-4-12(5-3-9)18-15(21)19-13-7-10(16)6-11(17)8-13/h2-8H,1H3,(H2,18,19,21).